The zero-order valence-corrected chi connectivity index (χ0v) is 40.9. The number of halogens is 2. The van der Waals surface area contributed by atoms with E-state index in [9.17, 15) is 42.6 Å². The van der Waals surface area contributed by atoms with E-state index in [2.05, 4.69) is 29.9 Å². The Kier molecular flexibility index (Phi) is 28.5. The number of hydrogen-bond donors (Lipinski definition) is 2. The second kappa shape index (κ2) is 30.0. The average Bonchev–Trinajstić information content (AvgIpc) is 3.19. The monoisotopic (exact) mass is 964 g/mol. The number of hydrogen-bond acceptors (Lipinski definition) is 21. The normalized spacial score (nSPS) is 10.6. The van der Waals surface area contributed by atoms with Gasteiger partial charge in [0.2, 0.25) is 33.1 Å². The molecule has 0 unspecified atom stereocenters. The molecule has 23 nitrogen and oxygen atoms in total. The molecular formula is C38H55F2KN12O11S. The van der Waals surface area contributed by atoms with Gasteiger partial charge in [-0.2, -0.15) is 19.9 Å². The van der Waals surface area contributed by atoms with Crippen LogP contribution in [0.4, 0.5) is 39.0 Å². The van der Waals surface area contributed by atoms with E-state index < -0.39 is 66.3 Å². The summed E-state index contributed by atoms with van der Waals surface area (Å²) < 4.78 is 48.9. The van der Waals surface area contributed by atoms with Crippen LogP contribution in [-0.2, 0) is 42.0 Å². The minimum absolute atomic E-state index is 0. The fourth-order valence-corrected chi connectivity index (χ4v) is 5.81. The van der Waals surface area contributed by atoms with Gasteiger partial charge in [-0.1, -0.05) is 32.9 Å². The zero-order chi connectivity index (χ0) is 46.7. The molecule has 0 saturated carbocycles. The predicted octanol–water partition coefficient (Wildman–Crippen LogP) is -1.32. The number of aromatic nitrogens is 6. The van der Waals surface area contributed by atoms with Gasteiger partial charge in [0.15, 0.2) is 0 Å². The molecule has 0 amide bonds. The minimum Gasteiger partial charge on any atom is -1.00 e. The summed E-state index contributed by atoms with van der Waals surface area (Å²) in [6.07, 6.45) is 5.42. The largest absolute Gasteiger partial charge is 1.00 e. The zero-order valence-electron chi connectivity index (χ0n) is 37.0. The summed E-state index contributed by atoms with van der Waals surface area (Å²) in [7, 11) is -3.42. The summed E-state index contributed by atoms with van der Waals surface area (Å²) in [4.78, 5) is 72.6. The molecule has 0 aliphatic heterocycles. The Morgan fingerprint density at radius 3 is 1.55 bits per heavy atom. The smallest absolute Gasteiger partial charge is 1.00 e. The second-order valence-corrected chi connectivity index (χ2v) is 15.0. The van der Waals surface area contributed by atoms with Crippen LogP contribution in [0, 0.1) is 34.1 Å². The maximum atomic E-state index is 12.2. The van der Waals surface area contributed by atoms with Crippen LogP contribution in [0.2, 0.25) is 0 Å². The van der Waals surface area contributed by atoms with E-state index in [0.717, 1.165) is 36.0 Å². The Morgan fingerprint density at radius 1 is 0.785 bits per heavy atom. The molecule has 0 aromatic carbocycles. The molecular weight excluding hydrogens is 910 g/mol. The quantitative estimate of drug-likeness (QED) is 0.0362. The van der Waals surface area contributed by atoms with E-state index in [0.29, 0.717) is 12.7 Å². The summed E-state index contributed by atoms with van der Waals surface area (Å²) in [5.74, 6) is -2.74. The van der Waals surface area contributed by atoms with Crippen LogP contribution >= 0.6 is 0 Å². The standard InChI is InChI=1S/C20H28N6O5.C16H20N6O6S.CH3F.CH4.FH.K/c1-5-7-14(4)31-20-23-18(21)17(26(28)29)19(24-20)25(12-16(27)30-6-2)11-15-9-8-13(3)22-10-15;1-4-28-12(23)9-21(8-11-6-5-10(2)18-7-11)15-13(22(24)25)14(17)19-16(20-15)29(3,26)27;1-2;;;/h8-10,14H,5-7,11-12H2,1-4H3,(H2,21,23,24);5-7H,4,8-9H2,1-3H3,(H2,17,19,20);1H3;1H4;1H;/q;;;;;+1/p-1/t14-;;;;;/m0...../s1. The fourth-order valence-electron chi connectivity index (χ4n) is 5.29. The number of esters is 2. The van der Waals surface area contributed by atoms with Crippen LogP contribution in [0.3, 0.4) is 0 Å². The van der Waals surface area contributed by atoms with E-state index in [1.807, 2.05) is 32.9 Å². The third-order valence-corrected chi connectivity index (χ3v) is 8.83. The van der Waals surface area contributed by atoms with Crippen LogP contribution in [0.5, 0.6) is 6.01 Å². The molecule has 0 spiro atoms. The first kappa shape index (κ1) is 61.7. The van der Waals surface area contributed by atoms with E-state index in [4.69, 9.17) is 25.7 Å². The maximum Gasteiger partial charge on any atom is 1.00 e. The number of ether oxygens (including phenoxy) is 3. The summed E-state index contributed by atoms with van der Waals surface area (Å²) in [6.45, 7) is 10.4. The van der Waals surface area contributed by atoms with Gasteiger partial charge in [-0.05, 0) is 64.3 Å². The van der Waals surface area contributed by atoms with Crippen molar-refractivity contribution in [1.82, 2.24) is 29.9 Å². The summed E-state index contributed by atoms with van der Waals surface area (Å²) in [5.41, 5.74) is 13.2. The van der Waals surface area contributed by atoms with E-state index in [-0.39, 0.29) is 120 Å². The summed E-state index contributed by atoms with van der Waals surface area (Å²) >= 11 is 0. The number of aryl methyl sites for hydroxylation is 2. The molecule has 4 N–H and O–H groups in total. The minimum atomic E-state index is -3.92. The van der Waals surface area contributed by atoms with Crippen LogP contribution in [0.1, 0.15) is 70.5 Å². The van der Waals surface area contributed by atoms with Gasteiger partial charge in [-0.25, -0.2) is 8.42 Å². The van der Waals surface area contributed by atoms with Crippen LogP contribution in [0.15, 0.2) is 41.8 Å². The number of rotatable bonds is 19. The van der Waals surface area contributed by atoms with Crippen LogP contribution in [-0.4, -0.2) is 106 Å². The molecule has 354 valence electrons. The number of alkyl halides is 1. The van der Waals surface area contributed by atoms with Crippen molar-refractivity contribution in [3.63, 3.8) is 0 Å². The number of sulfone groups is 1. The van der Waals surface area contributed by atoms with Crippen molar-refractivity contribution in [3.8, 4) is 6.01 Å². The first-order valence-corrected chi connectivity index (χ1v) is 20.7. The number of nitrogens with two attached hydrogens (primary N) is 2. The number of nitrogen functional groups attached to an aromatic ring is 2. The molecule has 4 rings (SSSR count). The molecule has 0 fully saturated rings. The van der Waals surface area contributed by atoms with Crippen LogP contribution in [0.25, 0.3) is 0 Å². The summed E-state index contributed by atoms with van der Waals surface area (Å²) in [5, 5.41) is 22.6. The number of carbonyl (C=O) groups is 2. The van der Waals surface area contributed by atoms with E-state index >= 15 is 0 Å². The molecule has 0 saturated heterocycles. The third-order valence-electron chi connectivity index (χ3n) is 7.98. The Labute approximate surface area is 418 Å². The Morgan fingerprint density at radius 2 is 1.20 bits per heavy atom. The van der Waals surface area contributed by atoms with Crippen molar-refractivity contribution < 1.29 is 103 Å². The Bertz CT molecular complexity index is 2270. The van der Waals surface area contributed by atoms with Crippen molar-refractivity contribution in [2.45, 2.75) is 86.2 Å². The second-order valence-electron chi connectivity index (χ2n) is 13.1. The molecule has 0 aliphatic carbocycles. The topological polar surface area (TPSA) is 318 Å². The van der Waals surface area contributed by atoms with Gasteiger partial charge in [0, 0.05) is 43.1 Å². The summed E-state index contributed by atoms with van der Waals surface area (Å²) in [6, 6.07) is 6.98. The first-order chi connectivity index (χ1) is 29.3. The van der Waals surface area contributed by atoms with Crippen molar-refractivity contribution in [3.05, 3.63) is 79.4 Å². The maximum absolute atomic E-state index is 12.2. The number of nitrogens with zero attached hydrogens (tertiary/aromatic N) is 10. The fraction of sp³-hybridized carbons (Fsp3) is 0.474. The number of nitro groups is 2. The van der Waals surface area contributed by atoms with Gasteiger partial charge < -0.3 is 40.2 Å². The average molecular weight is 965 g/mol. The molecule has 0 aliphatic rings. The SMILES string of the molecule is C.CCC[C@H](C)Oc1nc(N)c([N+](=O)[O-])c(N(CC(=O)OCC)Cc2ccc(C)nc2)n1.CCOC(=O)CN(Cc1ccc(C)nc1)c1nc(S(C)(=O)=O)nc(N)c1[N+](=O)[O-].CF.[F-].[K+]. The predicted molar refractivity (Wildman–Crippen MR) is 231 cm³/mol. The number of carbonyl (C=O) groups excluding carboxylic acids is 2. The molecule has 27 heteroatoms. The van der Waals surface area contributed by atoms with E-state index in [1.165, 1.54) is 16.0 Å². The van der Waals surface area contributed by atoms with Crippen LogP contribution < -0.4 is 82.1 Å². The van der Waals surface area contributed by atoms with E-state index in [1.54, 1.807) is 39.1 Å². The van der Waals surface area contributed by atoms with Gasteiger partial charge >= 0.3 is 80.7 Å². The molecule has 0 radical (unpaired) electrons. The van der Waals surface area contributed by atoms with Crippen molar-refractivity contribution in [2.75, 3.05) is 61.0 Å². The first-order valence-electron chi connectivity index (χ1n) is 18.8. The van der Waals surface area contributed by atoms with Gasteiger partial charge in [0.1, 0.15) is 13.1 Å². The molecule has 4 heterocycles. The molecule has 0 bridgehead atoms. The molecule has 1 atom stereocenters. The van der Waals surface area contributed by atoms with Gasteiger partial charge in [0.25, 0.3) is 5.16 Å². The molecule has 65 heavy (non-hydrogen) atoms. The van der Waals surface area contributed by atoms with Crippen molar-refractivity contribution in [2.24, 2.45) is 0 Å². The van der Waals surface area contributed by atoms with Crippen molar-refractivity contribution >= 4 is 56.4 Å². The molecule has 4 aromatic heterocycles. The van der Waals surface area contributed by atoms with Gasteiger partial charge in [0.05, 0.1) is 36.3 Å². The van der Waals surface area contributed by atoms with Gasteiger partial charge in [-0.15, -0.1) is 0 Å². The Hall–Kier alpha value is -5.35. The van der Waals surface area contributed by atoms with Gasteiger partial charge in [-0.3, -0.25) is 44.2 Å². The number of pyridine rings is 2. The van der Waals surface area contributed by atoms with Crippen molar-refractivity contribution in [1.29, 1.82) is 0 Å². The number of anilines is 4. The Balaban J connectivity index is 0. The molecule has 4 aromatic rings. The third kappa shape index (κ3) is 19.7.